The van der Waals surface area contributed by atoms with Crippen LogP contribution in [0, 0.1) is 11.3 Å². The van der Waals surface area contributed by atoms with Crippen molar-refractivity contribution in [3.05, 3.63) is 24.0 Å². The highest BCUT2D eigenvalue weighted by molar-refractivity contribution is 5.93. The lowest BCUT2D eigenvalue weighted by Crippen LogP contribution is -2.21. The number of nitrogens with two attached hydrogens (primary N) is 1. The zero-order valence-corrected chi connectivity index (χ0v) is 9.06. The molecule has 1 fully saturated rings. The maximum absolute atomic E-state index is 9.06. The van der Waals surface area contributed by atoms with Crippen LogP contribution in [0.2, 0.25) is 0 Å². The molecule has 1 saturated heterocycles. The molecule has 0 saturated carbocycles. The van der Waals surface area contributed by atoms with Gasteiger partial charge in [-0.25, -0.2) is 0 Å². The SMILES string of the molecule is N=C(N)c1ccc(N2CCC(CO)C2)cn1. The molecule has 0 amide bonds. The average Bonchev–Trinajstić information content (AvgIpc) is 2.77. The van der Waals surface area contributed by atoms with E-state index in [4.69, 9.17) is 16.2 Å². The predicted octanol–water partition coefficient (Wildman–Crippen LogP) is 0.184. The Morgan fingerprint density at radius 3 is 2.94 bits per heavy atom. The Labute approximate surface area is 94.4 Å². The number of nitrogen functional groups attached to an aromatic ring is 1. The number of nitrogens with one attached hydrogen (secondary N) is 1. The third-order valence-corrected chi connectivity index (χ3v) is 2.93. The first-order chi connectivity index (χ1) is 7.70. The predicted molar refractivity (Wildman–Crippen MR) is 62.7 cm³/mol. The van der Waals surface area contributed by atoms with Crippen LogP contribution in [-0.4, -0.2) is 35.6 Å². The normalized spacial score (nSPS) is 20.1. The van der Waals surface area contributed by atoms with E-state index in [1.54, 1.807) is 12.3 Å². The molecule has 2 heterocycles. The summed E-state index contributed by atoms with van der Waals surface area (Å²) in [5.41, 5.74) is 6.87. The van der Waals surface area contributed by atoms with E-state index in [1.807, 2.05) is 6.07 Å². The first-order valence-corrected chi connectivity index (χ1v) is 5.37. The van der Waals surface area contributed by atoms with Crippen molar-refractivity contribution in [1.82, 2.24) is 4.98 Å². The number of hydrogen-bond acceptors (Lipinski definition) is 4. The summed E-state index contributed by atoms with van der Waals surface area (Å²) in [5.74, 6) is 0.355. The van der Waals surface area contributed by atoms with Gasteiger partial charge in [-0.2, -0.15) is 0 Å². The van der Waals surface area contributed by atoms with Gasteiger partial charge >= 0.3 is 0 Å². The van der Waals surface area contributed by atoms with Gasteiger partial charge in [0, 0.05) is 25.6 Å². The van der Waals surface area contributed by atoms with E-state index in [0.29, 0.717) is 11.6 Å². The van der Waals surface area contributed by atoms with Crippen LogP contribution in [0.25, 0.3) is 0 Å². The molecule has 16 heavy (non-hydrogen) atoms. The minimum absolute atomic E-state index is 0.0128. The van der Waals surface area contributed by atoms with Gasteiger partial charge in [0.25, 0.3) is 0 Å². The fourth-order valence-corrected chi connectivity index (χ4v) is 1.95. The molecule has 86 valence electrons. The molecule has 0 aromatic carbocycles. The molecular formula is C11H16N4O. The van der Waals surface area contributed by atoms with E-state index < -0.39 is 0 Å². The molecule has 1 aliphatic heterocycles. The number of amidine groups is 1. The lowest BCUT2D eigenvalue weighted by Gasteiger charge is -2.17. The number of aliphatic hydroxyl groups is 1. The van der Waals surface area contributed by atoms with Gasteiger partial charge in [0.1, 0.15) is 11.5 Å². The Morgan fingerprint density at radius 2 is 2.44 bits per heavy atom. The number of aliphatic hydroxyl groups excluding tert-OH is 1. The molecule has 5 nitrogen and oxygen atoms in total. The molecule has 0 bridgehead atoms. The lowest BCUT2D eigenvalue weighted by molar-refractivity contribution is 0.238. The molecule has 1 atom stereocenters. The number of rotatable bonds is 3. The van der Waals surface area contributed by atoms with Gasteiger partial charge in [0.2, 0.25) is 0 Å². The highest BCUT2D eigenvalue weighted by atomic mass is 16.3. The van der Waals surface area contributed by atoms with Gasteiger partial charge < -0.3 is 15.7 Å². The quantitative estimate of drug-likeness (QED) is 0.501. The van der Waals surface area contributed by atoms with Gasteiger partial charge in [0.05, 0.1) is 11.9 Å². The first-order valence-electron chi connectivity index (χ1n) is 5.37. The Hall–Kier alpha value is -1.62. The summed E-state index contributed by atoms with van der Waals surface area (Å²) in [7, 11) is 0. The molecular weight excluding hydrogens is 204 g/mol. The van der Waals surface area contributed by atoms with Crippen LogP contribution in [-0.2, 0) is 0 Å². The number of hydrogen-bond donors (Lipinski definition) is 3. The topological polar surface area (TPSA) is 86.2 Å². The van der Waals surface area contributed by atoms with Crippen molar-refractivity contribution >= 4 is 11.5 Å². The van der Waals surface area contributed by atoms with Crippen molar-refractivity contribution < 1.29 is 5.11 Å². The minimum atomic E-state index is -0.0128. The van der Waals surface area contributed by atoms with Crippen molar-refractivity contribution in [2.24, 2.45) is 11.7 Å². The number of aromatic nitrogens is 1. The third-order valence-electron chi connectivity index (χ3n) is 2.93. The van der Waals surface area contributed by atoms with Gasteiger partial charge in [0.15, 0.2) is 0 Å². The van der Waals surface area contributed by atoms with Crippen LogP contribution in [0.5, 0.6) is 0 Å². The Bertz CT molecular complexity index is 376. The van der Waals surface area contributed by atoms with E-state index >= 15 is 0 Å². The molecule has 1 aliphatic rings. The van der Waals surface area contributed by atoms with E-state index in [9.17, 15) is 0 Å². The summed E-state index contributed by atoms with van der Waals surface area (Å²) in [5, 5.41) is 16.3. The zero-order valence-electron chi connectivity index (χ0n) is 9.06. The number of pyridine rings is 1. The minimum Gasteiger partial charge on any atom is -0.396 e. The van der Waals surface area contributed by atoms with Gasteiger partial charge in [-0.15, -0.1) is 0 Å². The lowest BCUT2D eigenvalue weighted by atomic mass is 10.1. The van der Waals surface area contributed by atoms with Crippen LogP contribution in [0.15, 0.2) is 18.3 Å². The Morgan fingerprint density at radius 1 is 1.62 bits per heavy atom. The molecule has 0 radical (unpaired) electrons. The maximum Gasteiger partial charge on any atom is 0.141 e. The standard InChI is InChI=1S/C11H16N4O/c12-11(13)10-2-1-9(5-14-10)15-4-3-8(6-15)7-16/h1-2,5,8,16H,3-4,6-7H2,(H3,12,13). The highest BCUT2D eigenvalue weighted by Gasteiger charge is 2.21. The Kier molecular flexibility index (Phi) is 3.05. The van der Waals surface area contributed by atoms with Crippen LogP contribution < -0.4 is 10.6 Å². The number of nitrogens with zero attached hydrogens (tertiary/aromatic N) is 2. The zero-order chi connectivity index (χ0) is 11.5. The molecule has 1 aromatic rings. The van der Waals surface area contributed by atoms with E-state index in [0.717, 1.165) is 25.2 Å². The van der Waals surface area contributed by atoms with E-state index in [1.165, 1.54) is 0 Å². The summed E-state index contributed by atoms with van der Waals surface area (Å²) in [6.45, 7) is 2.07. The smallest absolute Gasteiger partial charge is 0.141 e. The molecule has 1 unspecified atom stereocenters. The van der Waals surface area contributed by atoms with E-state index in [-0.39, 0.29) is 12.4 Å². The average molecular weight is 220 g/mol. The summed E-state index contributed by atoms with van der Waals surface area (Å²) in [6, 6.07) is 3.67. The van der Waals surface area contributed by atoms with Crippen LogP contribution in [0.1, 0.15) is 12.1 Å². The molecule has 1 aromatic heterocycles. The fraction of sp³-hybridized carbons (Fsp3) is 0.455. The molecule has 0 spiro atoms. The Balaban J connectivity index is 2.08. The summed E-state index contributed by atoms with van der Waals surface area (Å²) in [4.78, 5) is 6.31. The number of anilines is 1. The molecule has 0 aliphatic carbocycles. The second-order valence-corrected chi connectivity index (χ2v) is 4.10. The van der Waals surface area contributed by atoms with Gasteiger partial charge in [-0.1, -0.05) is 0 Å². The van der Waals surface area contributed by atoms with Crippen molar-refractivity contribution in [2.75, 3.05) is 24.6 Å². The summed E-state index contributed by atoms with van der Waals surface area (Å²) < 4.78 is 0. The second-order valence-electron chi connectivity index (χ2n) is 4.10. The van der Waals surface area contributed by atoms with Crippen molar-refractivity contribution in [3.63, 3.8) is 0 Å². The van der Waals surface area contributed by atoms with Crippen molar-refractivity contribution in [2.45, 2.75) is 6.42 Å². The first kappa shape index (κ1) is 10.9. The largest absolute Gasteiger partial charge is 0.396 e. The van der Waals surface area contributed by atoms with Crippen LogP contribution >= 0.6 is 0 Å². The van der Waals surface area contributed by atoms with Crippen molar-refractivity contribution in [1.29, 1.82) is 5.41 Å². The molecule has 2 rings (SSSR count). The van der Waals surface area contributed by atoms with Gasteiger partial charge in [-0.05, 0) is 18.6 Å². The van der Waals surface area contributed by atoms with Crippen LogP contribution in [0.4, 0.5) is 5.69 Å². The molecule has 5 heteroatoms. The maximum atomic E-state index is 9.06. The second kappa shape index (κ2) is 4.49. The van der Waals surface area contributed by atoms with Crippen LogP contribution in [0.3, 0.4) is 0 Å². The monoisotopic (exact) mass is 220 g/mol. The summed E-state index contributed by atoms with van der Waals surface area (Å²) >= 11 is 0. The van der Waals surface area contributed by atoms with E-state index in [2.05, 4.69) is 9.88 Å². The summed E-state index contributed by atoms with van der Waals surface area (Å²) in [6.07, 6.45) is 2.75. The van der Waals surface area contributed by atoms with Crippen molar-refractivity contribution in [3.8, 4) is 0 Å². The third kappa shape index (κ3) is 2.14. The van der Waals surface area contributed by atoms with Gasteiger partial charge in [-0.3, -0.25) is 10.4 Å². The fourth-order valence-electron chi connectivity index (χ4n) is 1.95. The molecule has 4 N–H and O–H groups in total. The highest BCUT2D eigenvalue weighted by Crippen LogP contribution is 2.22.